The van der Waals surface area contributed by atoms with Crippen LogP contribution < -0.4 is 5.32 Å². The molecule has 0 saturated carbocycles. The number of likely N-dealkylation sites (tertiary alicyclic amines) is 1. The predicted molar refractivity (Wildman–Crippen MR) is 67.8 cm³/mol. The molecule has 1 amide bonds. The molecule has 4 heteroatoms. The zero-order valence-corrected chi connectivity index (χ0v) is 10.9. The molecule has 1 atom stereocenters. The lowest BCUT2D eigenvalue weighted by atomic mass is 9.93. The molecule has 2 rings (SSSR count). The third-order valence-electron chi connectivity index (χ3n) is 3.91. The third-order valence-corrected chi connectivity index (χ3v) is 3.91. The zero-order valence-electron chi connectivity index (χ0n) is 10.1. The fraction of sp³-hybridized carbons (Fsp3) is 0.917. The van der Waals surface area contributed by atoms with E-state index in [4.69, 9.17) is 0 Å². The zero-order chi connectivity index (χ0) is 10.7. The normalized spacial score (nSPS) is 26.6. The Morgan fingerprint density at radius 1 is 1.31 bits per heavy atom. The van der Waals surface area contributed by atoms with Gasteiger partial charge in [-0.15, -0.1) is 12.4 Å². The van der Waals surface area contributed by atoms with Crippen molar-refractivity contribution in [1.82, 2.24) is 10.2 Å². The fourth-order valence-corrected chi connectivity index (χ4v) is 2.69. The first-order valence-electron chi connectivity index (χ1n) is 6.30. The van der Waals surface area contributed by atoms with Gasteiger partial charge in [-0.3, -0.25) is 4.79 Å². The summed E-state index contributed by atoms with van der Waals surface area (Å²) < 4.78 is 0. The van der Waals surface area contributed by atoms with E-state index in [1.54, 1.807) is 0 Å². The van der Waals surface area contributed by atoms with E-state index >= 15 is 0 Å². The van der Waals surface area contributed by atoms with Crippen LogP contribution in [0.5, 0.6) is 0 Å². The van der Waals surface area contributed by atoms with Crippen LogP contribution in [0.2, 0.25) is 0 Å². The Bertz CT molecular complexity index is 221. The van der Waals surface area contributed by atoms with Crippen molar-refractivity contribution in [3.8, 4) is 0 Å². The largest absolute Gasteiger partial charge is 0.342 e. The molecule has 2 fully saturated rings. The van der Waals surface area contributed by atoms with Gasteiger partial charge in [-0.2, -0.15) is 0 Å². The second-order valence-corrected chi connectivity index (χ2v) is 4.87. The highest BCUT2D eigenvalue weighted by Gasteiger charge is 2.29. The Morgan fingerprint density at radius 3 is 2.50 bits per heavy atom. The molecule has 0 aromatic carbocycles. The van der Waals surface area contributed by atoms with E-state index in [-0.39, 0.29) is 18.3 Å². The van der Waals surface area contributed by atoms with Crippen LogP contribution in [-0.2, 0) is 4.79 Å². The Balaban J connectivity index is 0.00000128. The number of halogens is 1. The summed E-state index contributed by atoms with van der Waals surface area (Å²) in [5.74, 6) is 1.52. The molecule has 16 heavy (non-hydrogen) atoms. The van der Waals surface area contributed by atoms with Gasteiger partial charge in [0.25, 0.3) is 0 Å². The number of carbonyl (C=O) groups excluding carboxylic acids is 1. The molecule has 0 spiro atoms. The summed E-state index contributed by atoms with van der Waals surface area (Å²) in [6.07, 6.45) is 4.73. The molecule has 2 saturated heterocycles. The molecule has 0 aromatic heterocycles. The van der Waals surface area contributed by atoms with Gasteiger partial charge in [0.2, 0.25) is 5.91 Å². The molecule has 0 aromatic rings. The summed E-state index contributed by atoms with van der Waals surface area (Å²) >= 11 is 0. The Hall–Kier alpha value is -0.280. The van der Waals surface area contributed by atoms with Crippen LogP contribution in [0.4, 0.5) is 0 Å². The summed E-state index contributed by atoms with van der Waals surface area (Å²) in [7, 11) is 0. The van der Waals surface area contributed by atoms with Crippen molar-refractivity contribution < 1.29 is 4.79 Å². The monoisotopic (exact) mass is 246 g/mol. The molecule has 94 valence electrons. The number of nitrogens with zero attached hydrogens (tertiary/aromatic N) is 1. The van der Waals surface area contributed by atoms with E-state index in [0.717, 1.165) is 38.5 Å². The van der Waals surface area contributed by atoms with Gasteiger partial charge in [-0.25, -0.2) is 0 Å². The number of carbonyl (C=O) groups is 1. The van der Waals surface area contributed by atoms with Crippen LogP contribution in [-0.4, -0.2) is 37.0 Å². The van der Waals surface area contributed by atoms with Gasteiger partial charge < -0.3 is 10.2 Å². The summed E-state index contributed by atoms with van der Waals surface area (Å²) in [4.78, 5) is 14.2. The van der Waals surface area contributed by atoms with Crippen molar-refractivity contribution in [3.05, 3.63) is 0 Å². The van der Waals surface area contributed by atoms with Crippen molar-refractivity contribution in [2.45, 2.75) is 32.6 Å². The van der Waals surface area contributed by atoms with Crippen LogP contribution in [0.25, 0.3) is 0 Å². The van der Waals surface area contributed by atoms with Crippen molar-refractivity contribution in [2.75, 3.05) is 26.2 Å². The number of piperidine rings is 1. The molecule has 1 N–H and O–H groups in total. The molecule has 2 heterocycles. The lowest BCUT2D eigenvalue weighted by Gasteiger charge is -2.33. The van der Waals surface area contributed by atoms with Gasteiger partial charge in [-0.1, -0.05) is 13.3 Å². The van der Waals surface area contributed by atoms with Crippen LogP contribution >= 0.6 is 12.4 Å². The van der Waals surface area contributed by atoms with Crippen LogP contribution in [0, 0.1) is 11.8 Å². The standard InChI is InChI=1S/C12H22N2O.ClH/c1-2-10-4-7-14(8-5-10)12(15)11-3-6-13-9-11;/h10-11,13H,2-9H2,1H3;1H/t11-;/m0./s1. The first-order valence-corrected chi connectivity index (χ1v) is 6.30. The molecule has 2 aliphatic heterocycles. The van der Waals surface area contributed by atoms with E-state index in [1.807, 2.05) is 0 Å². The lowest BCUT2D eigenvalue weighted by Crippen LogP contribution is -2.42. The van der Waals surface area contributed by atoms with Gasteiger partial charge in [0.15, 0.2) is 0 Å². The van der Waals surface area contributed by atoms with Gasteiger partial charge in [0, 0.05) is 19.6 Å². The van der Waals surface area contributed by atoms with E-state index in [9.17, 15) is 4.79 Å². The smallest absolute Gasteiger partial charge is 0.227 e. The van der Waals surface area contributed by atoms with E-state index < -0.39 is 0 Å². The van der Waals surface area contributed by atoms with Gasteiger partial charge in [0.05, 0.1) is 5.92 Å². The highest BCUT2D eigenvalue weighted by atomic mass is 35.5. The maximum Gasteiger partial charge on any atom is 0.227 e. The topological polar surface area (TPSA) is 32.3 Å². The molecular formula is C12H23ClN2O. The molecule has 0 radical (unpaired) electrons. The van der Waals surface area contributed by atoms with Crippen LogP contribution in [0.1, 0.15) is 32.6 Å². The van der Waals surface area contributed by atoms with Crippen LogP contribution in [0.15, 0.2) is 0 Å². The Labute approximate surface area is 104 Å². The summed E-state index contributed by atoms with van der Waals surface area (Å²) in [5, 5.41) is 3.26. The number of hydrogen-bond donors (Lipinski definition) is 1. The number of amides is 1. The summed E-state index contributed by atoms with van der Waals surface area (Å²) in [5.41, 5.74) is 0. The van der Waals surface area contributed by atoms with Crippen LogP contribution in [0.3, 0.4) is 0 Å². The van der Waals surface area contributed by atoms with Crippen molar-refractivity contribution in [2.24, 2.45) is 11.8 Å². The minimum Gasteiger partial charge on any atom is -0.342 e. The molecule has 0 aliphatic carbocycles. The maximum atomic E-state index is 12.1. The molecule has 0 bridgehead atoms. The fourth-order valence-electron chi connectivity index (χ4n) is 2.69. The quantitative estimate of drug-likeness (QED) is 0.804. The minimum absolute atomic E-state index is 0. The highest BCUT2D eigenvalue weighted by molar-refractivity contribution is 5.85. The van der Waals surface area contributed by atoms with E-state index in [0.29, 0.717) is 5.91 Å². The average Bonchev–Trinajstić information content (AvgIpc) is 2.82. The number of rotatable bonds is 2. The Kier molecular flexibility index (Phi) is 5.56. The second kappa shape index (κ2) is 6.45. The number of nitrogens with one attached hydrogen (secondary N) is 1. The summed E-state index contributed by atoms with van der Waals surface area (Å²) in [6, 6.07) is 0. The van der Waals surface area contributed by atoms with Gasteiger partial charge in [-0.05, 0) is 31.7 Å². The van der Waals surface area contributed by atoms with Gasteiger partial charge >= 0.3 is 0 Å². The Morgan fingerprint density at radius 2 is 2.00 bits per heavy atom. The first-order chi connectivity index (χ1) is 7.31. The van der Waals surface area contributed by atoms with E-state index in [1.165, 1.54) is 19.3 Å². The summed E-state index contributed by atoms with van der Waals surface area (Å²) in [6.45, 7) is 6.15. The lowest BCUT2D eigenvalue weighted by molar-refractivity contribution is -0.136. The number of hydrogen-bond acceptors (Lipinski definition) is 2. The van der Waals surface area contributed by atoms with Crippen molar-refractivity contribution in [3.63, 3.8) is 0 Å². The molecule has 0 unspecified atom stereocenters. The second-order valence-electron chi connectivity index (χ2n) is 4.87. The first kappa shape index (κ1) is 13.8. The molecule has 2 aliphatic rings. The maximum absolute atomic E-state index is 12.1. The van der Waals surface area contributed by atoms with Gasteiger partial charge in [0.1, 0.15) is 0 Å². The highest BCUT2D eigenvalue weighted by Crippen LogP contribution is 2.22. The third kappa shape index (κ3) is 3.11. The molecular weight excluding hydrogens is 224 g/mol. The molecule has 3 nitrogen and oxygen atoms in total. The minimum atomic E-state index is 0. The average molecular weight is 247 g/mol. The van der Waals surface area contributed by atoms with Crippen molar-refractivity contribution >= 4 is 18.3 Å². The SMILES string of the molecule is CCC1CCN(C(=O)[C@H]2CCNC2)CC1.Cl. The predicted octanol–water partition coefficient (Wildman–Crippen LogP) is 1.67. The van der Waals surface area contributed by atoms with Crippen molar-refractivity contribution in [1.29, 1.82) is 0 Å². The van der Waals surface area contributed by atoms with E-state index in [2.05, 4.69) is 17.1 Å².